The molecule has 0 radical (unpaired) electrons. The molecule has 3 rings (SSSR count). The number of nitro benzene ring substituents is 1. The Morgan fingerprint density at radius 2 is 1.86 bits per heavy atom. The third kappa shape index (κ3) is 2.83. The molecule has 6 heteroatoms. The summed E-state index contributed by atoms with van der Waals surface area (Å²) < 4.78 is 0. The van der Waals surface area contributed by atoms with Crippen LogP contribution in [0.25, 0.3) is 0 Å². The first-order valence-electron chi connectivity index (χ1n) is 7.86. The van der Waals surface area contributed by atoms with Crippen LogP contribution in [0.3, 0.4) is 0 Å². The Morgan fingerprint density at radius 1 is 1.23 bits per heavy atom. The van der Waals surface area contributed by atoms with Gasteiger partial charge in [-0.3, -0.25) is 14.9 Å². The van der Waals surface area contributed by atoms with Gasteiger partial charge in [0.1, 0.15) is 5.56 Å². The molecule has 0 aromatic heterocycles. The first-order valence-corrected chi connectivity index (χ1v) is 7.86. The molecule has 1 amide bonds. The summed E-state index contributed by atoms with van der Waals surface area (Å²) in [4.78, 5) is 23.1. The standard InChI is InChI=1S/C16H21N3O3/c17-12-8-10-4-3-5-11(9-12)15(10)18-16(20)13-6-1-2-7-14(13)19(21)22/h1-2,6-7,10-12,15H,3-5,8-9,17H2,(H,18,20). The number of hydrogen-bond donors (Lipinski definition) is 2. The number of nitrogens with two attached hydrogens (primary N) is 1. The molecule has 118 valence electrons. The Balaban J connectivity index is 1.78. The van der Waals surface area contributed by atoms with Gasteiger partial charge in [-0.2, -0.15) is 0 Å². The van der Waals surface area contributed by atoms with E-state index < -0.39 is 4.92 Å². The van der Waals surface area contributed by atoms with E-state index in [4.69, 9.17) is 5.73 Å². The molecule has 2 bridgehead atoms. The maximum Gasteiger partial charge on any atom is 0.282 e. The number of nitrogens with one attached hydrogen (secondary N) is 1. The smallest absolute Gasteiger partial charge is 0.282 e. The van der Waals surface area contributed by atoms with E-state index in [1.54, 1.807) is 12.1 Å². The van der Waals surface area contributed by atoms with Gasteiger partial charge in [-0.25, -0.2) is 0 Å². The summed E-state index contributed by atoms with van der Waals surface area (Å²) >= 11 is 0. The third-order valence-electron chi connectivity index (χ3n) is 5.02. The van der Waals surface area contributed by atoms with Crippen molar-refractivity contribution in [3.8, 4) is 0 Å². The van der Waals surface area contributed by atoms with Crippen LogP contribution in [0.1, 0.15) is 42.5 Å². The quantitative estimate of drug-likeness (QED) is 0.660. The van der Waals surface area contributed by atoms with Crippen molar-refractivity contribution in [2.45, 2.75) is 44.2 Å². The highest BCUT2D eigenvalue weighted by Gasteiger charge is 2.40. The summed E-state index contributed by atoms with van der Waals surface area (Å²) in [6.45, 7) is 0. The van der Waals surface area contributed by atoms with Crippen LogP contribution in [0.5, 0.6) is 0 Å². The molecule has 0 saturated heterocycles. The van der Waals surface area contributed by atoms with Crippen molar-refractivity contribution in [1.29, 1.82) is 0 Å². The topological polar surface area (TPSA) is 98.3 Å². The lowest BCUT2D eigenvalue weighted by Crippen LogP contribution is -2.53. The normalized spacial score (nSPS) is 30.6. The summed E-state index contributed by atoms with van der Waals surface area (Å²) in [6, 6.07) is 6.42. The first kappa shape index (κ1) is 15.0. The molecule has 0 aliphatic heterocycles. The van der Waals surface area contributed by atoms with Gasteiger partial charge < -0.3 is 11.1 Å². The number of para-hydroxylation sites is 1. The SMILES string of the molecule is NC1CC2CCCC(C1)C2NC(=O)c1ccccc1[N+](=O)[O-]. The largest absolute Gasteiger partial charge is 0.349 e. The van der Waals surface area contributed by atoms with Gasteiger partial charge in [0.25, 0.3) is 11.6 Å². The number of nitrogens with zero attached hydrogens (tertiary/aromatic N) is 1. The average Bonchev–Trinajstić information content (AvgIpc) is 2.48. The Bertz CT molecular complexity index is 576. The molecule has 1 aromatic carbocycles. The van der Waals surface area contributed by atoms with Gasteiger partial charge in [0.2, 0.25) is 0 Å². The van der Waals surface area contributed by atoms with Crippen molar-refractivity contribution in [3.63, 3.8) is 0 Å². The van der Waals surface area contributed by atoms with E-state index in [0.29, 0.717) is 11.8 Å². The van der Waals surface area contributed by atoms with Crippen molar-refractivity contribution in [2.75, 3.05) is 0 Å². The second-order valence-electron chi connectivity index (χ2n) is 6.46. The van der Waals surface area contributed by atoms with Gasteiger partial charge in [-0.05, 0) is 43.6 Å². The number of nitro groups is 1. The molecule has 2 unspecified atom stereocenters. The minimum absolute atomic E-state index is 0.0980. The number of fused-ring (bicyclic) bond motifs is 2. The van der Waals surface area contributed by atoms with Gasteiger partial charge in [0.15, 0.2) is 0 Å². The maximum absolute atomic E-state index is 12.5. The van der Waals surface area contributed by atoms with Crippen LogP contribution in [-0.2, 0) is 0 Å². The first-order chi connectivity index (χ1) is 10.6. The number of benzene rings is 1. The van der Waals surface area contributed by atoms with Crippen LogP contribution in [0.2, 0.25) is 0 Å². The molecule has 2 saturated carbocycles. The molecular weight excluding hydrogens is 282 g/mol. The molecule has 1 aromatic rings. The maximum atomic E-state index is 12.5. The highest BCUT2D eigenvalue weighted by molar-refractivity contribution is 5.98. The number of carbonyl (C=O) groups is 1. The number of carbonyl (C=O) groups excluding carboxylic acids is 1. The van der Waals surface area contributed by atoms with E-state index in [1.165, 1.54) is 18.6 Å². The zero-order valence-corrected chi connectivity index (χ0v) is 12.4. The highest BCUT2D eigenvalue weighted by atomic mass is 16.6. The fourth-order valence-electron chi connectivity index (χ4n) is 4.08. The van der Waals surface area contributed by atoms with E-state index in [-0.39, 0.29) is 29.2 Å². The third-order valence-corrected chi connectivity index (χ3v) is 5.02. The van der Waals surface area contributed by atoms with Crippen LogP contribution in [0.15, 0.2) is 24.3 Å². The second kappa shape index (κ2) is 6.04. The summed E-state index contributed by atoms with van der Waals surface area (Å²) in [5.41, 5.74) is 6.09. The fraction of sp³-hybridized carbons (Fsp3) is 0.562. The molecule has 2 atom stereocenters. The summed E-state index contributed by atoms with van der Waals surface area (Å²) in [7, 11) is 0. The average molecular weight is 303 g/mol. The van der Waals surface area contributed by atoms with E-state index in [9.17, 15) is 14.9 Å². The molecule has 3 N–H and O–H groups in total. The molecule has 0 spiro atoms. The van der Waals surface area contributed by atoms with Crippen molar-refractivity contribution in [1.82, 2.24) is 5.32 Å². The second-order valence-corrected chi connectivity index (χ2v) is 6.46. The van der Waals surface area contributed by atoms with Crippen LogP contribution < -0.4 is 11.1 Å². The van der Waals surface area contributed by atoms with E-state index in [1.807, 2.05) is 0 Å². The van der Waals surface area contributed by atoms with E-state index in [0.717, 1.165) is 25.7 Å². The highest BCUT2D eigenvalue weighted by Crippen LogP contribution is 2.39. The Morgan fingerprint density at radius 3 is 2.50 bits per heavy atom. The number of rotatable bonds is 3. The van der Waals surface area contributed by atoms with Crippen LogP contribution >= 0.6 is 0 Å². The number of hydrogen-bond acceptors (Lipinski definition) is 4. The van der Waals surface area contributed by atoms with Crippen LogP contribution in [0.4, 0.5) is 5.69 Å². The molecule has 2 aliphatic rings. The van der Waals surface area contributed by atoms with Crippen molar-refractivity contribution < 1.29 is 9.72 Å². The Kier molecular flexibility index (Phi) is 4.11. The molecule has 2 fully saturated rings. The monoisotopic (exact) mass is 303 g/mol. The van der Waals surface area contributed by atoms with Crippen molar-refractivity contribution in [3.05, 3.63) is 39.9 Å². The van der Waals surface area contributed by atoms with Crippen LogP contribution in [-0.4, -0.2) is 22.9 Å². The molecule has 6 nitrogen and oxygen atoms in total. The van der Waals surface area contributed by atoms with Gasteiger partial charge in [-0.15, -0.1) is 0 Å². The number of amides is 1. The minimum atomic E-state index is -0.507. The summed E-state index contributed by atoms with van der Waals surface area (Å²) in [5.74, 6) is 0.452. The van der Waals surface area contributed by atoms with Crippen molar-refractivity contribution >= 4 is 11.6 Å². The van der Waals surface area contributed by atoms with E-state index >= 15 is 0 Å². The Labute approximate surface area is 129 Å². The summed E-state index contributed by atoms with van der Waals surface area (Å²) in [6.07, 6.45) is 5.19. The Hall–Kier alpha value is -1.95. The van der Waals surface area contributed by atoms with Crippen LogP contribution in [0, 0.1) is 22.0 Å². The molecule has 2 aliphatic carbocycles. The van der Waals surface area contributed by atoms with Gasteiger partial charge >= 0.3 is 0 Å². The van der Waals surface area contributed by atoms with Crippen molar-refractivity contribution in [2.24, 2.45) is 17.6 Å². The zero-order chi connectivity index (χ0) is 15.7. The molecular formula is C16H21N3O3. The van der Waals surface area contributed by atoms with Gasteiger partial charge in [0.05, 0.1) is 4.92 Å². The predicted molar refractivity (Wildman–Crippen MR) is 82.4 cm³/mol. The predicted octanol–water partition coefficient (Wildman–Crippen LogP) is 2.23. The van der Waals surface area contributed by atoms with Gasteiger partial charge in [-0.1, -0.05) is 18.6 Å². The van der Waals surface area contributed by atoms with E-state index in [2.05, 4.69) is 5.32 Å². The lowest BCUT2D eigenvalue weighted by molar-refractivity contribution is -0.385. The fourth-order valence-corrected chi connectivity index (χ4v) is 4.08. The lowest BCUT2D eigenvalue weighted by atomic mass is 9.67. The summed E-state index contributed by atoms with van der Waals surface area (Å²) in [5, 5.41) is 14.1. The minimum Gasteiger partial charge on any atom is -0.349 e. The lowest BCUT2D eigenvalue weighted by Gasteiger charge is -2.45. The van der Waals surface area contributed by atoms with Gasteiger partial charge in [0, 0.05) is 18.2 Å². The molecule has 22 heavy (non-hydrogen) atoms. The molecule has 0 heterocycles. The zero-order valence-electron chi connectivity index (χ0n) is 12.4.